The maximum atomic E-state index is 13.3. The van der Waals surface area contributed by atoms with E-state index in [2.05, 4.69) is 17.3 Å². The van der Waals surface area contributed by atoms with E-state index in [9.17, 15) is 14.4 Å². The number of amides is 4. The highest BCUT2D eigenvalue weighted by Crippen LogP contribution is 2.46. The molecule has 3 aliphatic heterocycles. The number of hydrogen-bond donors (Lipinski definition) is 1. The van der Waals surface area contributed by atoms with Crippen LogP contribution in [0.4, 0.5) is 4.79 Å². The van der Waals surface area contributed by atoms with Crippen LogP contribution < -0.4 is 10.1 Å². The van der Waals surface area contributed by atoms with Gasteiger partial charge < -0.3 is 29.3 Å². The predicted molar refractivity (Wildman–Crippen MR) is 144 cm³/mol. The summed E-state index contributed by atoms with van der Waals surface area (Å²) < 4.78 is 17.3. The van der Waals surface area contributed by atoms with Crippen molar-refractivity contribution in [2.75, 3.05) is 40.0 Å². The monoisotopic (exact) mass is 538 g/mol. The van der Waals surface area contributed by atoms with Gasteiger partial charge in [0.2, 0.25) is 5.91 Å². The molecule has 0 spiro atoms. The number of ether oxygens (including phenoxy) is 3. The van der Waals surface area contributed by atoms with Gasteiger partial charge in [0.1, 0.15) is 30.2 Å². The first kappa shape index (κ1) is 27.4. The van der Waals surface area contributed by atoms with Gasteiger partial charge in [-0.3, -0.25) is 9.59 Å². The number of urea groups is 1. The van der Waals surface area contributed by atoms with Crippen molar-refractivity contribution >= 4 is 17.8 Å². The van der Waals surface area contributed by atoms with E-state index in [0.717, 1.165) is 18.7 Å². The lowest BCUT2D eigenvalue weighted by atomic mass is 9.72. The number of hydrogen-bond acceptors (Lipinski definition) is 7. The third kappa shape index (κ3) is 5.08. The van der Waals surface area contributed by atoms with Crippen LogP contribution in [0.3, 0.4) is 0 Å². The van der Waals surface area contributed by atoms with Crippen molar-refractivity contribution < 1.29 is 28.6 Å². The Balaban J connectivity index is 1.27. The second-order valence-corrected chi connectivity index (χ2v) is 10.7. The molecule has 3 saturated heterocycles. The summed E-state index contributed by atoms with van der Waals surface area (Å²) in [6.45, 7) is 9.09. The van der Waals surface area contributed by atoms with Gasteiger partial charge in [0, 0.05) is 31.7 Å². The third-order valence-corrected chi connectivity index (χ3v) is 8.49. The minimum absolute atomic E-state index is 0.00752. The standard InChI is InChI=1S/C29H38N4O6/c1-5-29(6-2)26(35)33(28(36)30-19(3)21-9-12-23-24(17-21)38-18-37-23)27(29)39-22-10-7-20(8-11-22)25(34)32-15-13-31(4)14-16-32/h7-12,17,19,23-24,27H,5-6,13-16,18H2,1-4H3,(H,30,36)/t19-,23?,24?,27+/m1/s1. The lowest BCUT2D eigenvalue weighted by molar-refractivity contribution is -0.190. The molecular formula is C29H38N4O6. The number of β-lactam (4-membered cyclic amide) rings is 1. The van der Waals surface area contributed by atoms with E-state index in [0.29, 0.717) is 37.2 Å². The number of imide groups is 1. The van der Waals surface area contributed by atoms with Gasteiger partial charge in [-0.15, -0.1) is 0 Å². The molecule has 0 bridgehead atoms. The Morgan fingerprint density at radius 1 is 1.08 bits per heavy atom. The predicted octanol–water partition coefficient (Wildman–Crippen LogP) is 2.76. The van der Waals surface area contributed by atoms with E-state index in [-0.39, 0.29) is 36.9 Å². The molecule has 1 aromatic carbocycles. The SMILES string of the molecule is CCC1(CC)C(=O)N(C(=O)N[C@H](C)C2=CC3OCOC3C=C2)[C@H]1Oc1ccc(C(=O)N2CCN(C)CC2)cc1. The first-order valence-corrected chi connectivity index (χ1v) is 13.8. The lowest BCUT2D eigenvalue weighted by Crippen LogP contribution is -2.74. The number of fused-ring (bicyclic) bond motifs is 1. The van der Waals surface area contributed by atoms with Crippen molar-refractivity contribution in [3.05, 3.63) is 53.6 Å². The average Bonchev–Trinajstić information content (AvgIpc) is 3.42. The van der Waals surface area contributed by atoms with Crippen molar-refractivity contribution in [1.29, 1.82) is 0 Å². The Bertz CT molecular complexity index is 1150. The number of rotatable bonds is 7. The van der Waals surface area contributed by atoms with Crippen LogP contribution in [-0.2, 0) is 14.3 Å². The van der Waals surface area contributed by atoms with Crippen molar-refractivity contribution in [2.45, 2.75) is 58.1 Å². The minimum Gasteiger partial charge on any atom is -0.469 e. The number of benzene rings is 1. The third-order valence-electron chi connectivity index (χ3n) is 8.49. The molecule has 39 heavy (non-hydrogen) atoms. The first-order valence-electron chi connectivity index (χ1n) is 13.8. The summed E-state index contributed by atoms with van der Waals surface area (Å²) in [7, 11) is 2.05. The zero-order valence-corrected chi connectivity index (χ0v) is 23.1. The summed E-state index contributed by atoms with van der Waals surface area (Å²) in [6.07, 6.45) is 5.84. The number of likely N-dealkylation sites (tertiary alicyclic amines) is 1. The highest BCUT2D eigenvalue weighted by atomic mass is 16.7. The van der Waals surface area contributed by atoms with Gasteiger partial charge in [0.05, 0.1) is 6.04 Å². The van der Waals surface area contributed by atoms with E-state index >= 15 is 0 Å². The fraction of sp³-hybridized carbons (Fsp3) is 0.552. The van der Waals surface area contributed by atoms with E-state index in [1.807, 2.05) is 43.9 Å². The van der Waals surface area contributed by atoms with Crippen LogP contribution in [0, 0.1) is 5.41 Å². The van der Waals surface area contributed by atoms with Gasteiger partial charge in [-0.25, -0.2) is 9.69 Å². The number of carbonyl (C=O) groups excluding carboxylic acids is 3. The van der Waals surface area contributed by atoms with E-state index in [1.165, 1.54) is 4.90 Å². The number of piperazine rings is 1. The second kappa shape index (κ2) is 11.1. The fourth-order valence-corrected chi connectivity index (χ4v) is 5.67. The van der Waals surface area contributed by atoms with Gasteiger partial charge in [-0.1, -0.05) is 26.0 Å². The zero-order chi connectivity index (χ0) is 27.7. The van der Waals surface area contributed by atoms with Crippen LogP contribution in [0.25, 0.3) is 0 Å². The van der Waals surface area contributed by atoms with Gasteiger partial charge in [-0.05, 0) is 62.7 Å². The Labute approximate surface area is 229 Å². The maximum Gasteiger partial charge on any atom is 0.327 e. The van der Waals surface area contributed by atoms with Crippen LogP contribution in [-0.4, -0.2) is 97.0 Å². The summed E-state index contributed by atoms with van der Waals surface area (Å²) >= 11 is 0. The summed E-state index contributed by atoms with van der Waals surface area (Å²) in [5.74, 6) is 0.249. The normalized spacial score (nSPS) is 26.9. The summed E-state index contributed by atoms with van der Waals surface area (Å²) in [5, 5.41) is 2.94. The lowest BCUT2D eigenvalue weighted by Gasteiger charge is -2.53. The summed E-state index contributed by atoms with van der Waals surface area (Å²) in [6, 6.07) is 6.11. The highest BCUT2D eigenvalue weighted by Gasteiger charge is 2.63. The van der Waals surface area contributed by atoms with Crippen molar-refractivity contribution in [1.82, 2.24) is 20.0 Å². The van der Waals surface area contributed by atoms with Crippen LogP contribution in [0.2, 0.25) is 0 Å². The molecule has 5 rings (SSSR count). The summed E-state index contributed by atoms with van der Waals surface area (Å²) in [4.78, 5) is 44.8. The first-order chi connectivity index (χ1) is 18.8. The summed E-state index contributed by atoms with van der Waals surface area (Å²) in [5.41, 5.74) is 0.685. The van der Waals surface area contributed by atoms with Gasteiger partial charge in [0.15, 0.2) is 6.23 Å². The van der Waals surface area contributed by atoms with Crippen LogP contribution >= 0.6 is 0 Å². The van der Waals surface area contributed by atoms with Crippen molar-refractivity contribution in [3.8, 4) is 5.75 Å². The van der Waals surface area contributed by atoms with Crippen molar-refractivity contribution in [3.63, 3.8) is 0 Å². The Morgan fingerprint density at radius 2 is 1.74 bits per heavy atom. The van der Waals surface area contributed by atoms with Gasteiger partial charge >= 0.3 is 6.03 Å². The molecule has 2 unspecified atom stereocenters. The number of nitrogens with zero attached hydrogens (tertiary/aromatic N) is 3. The smallest absolute Gasteiger partial charge is 0.327 e. The van der Waals surface area contributed by atoms with E-state index in [4.69, 9.17) is 14.2 Å². The molecule has 4 aliphatic rings. The maximum absolute atomic E-state index is 13.3. The number of nitrogens with one attached hydrogen (secondary N) is 1. The molecule has 10 nitrogen and oxygen atoms in total. The molecule has 0 radical (unpaired) electrons. The fourth-order valence-electron chi connectivity index (χ4n) is 5.67. The molecular weight excluding hydrogens is 500 g/mol. The highest BCUT2D eigenvalue weighted by molar-refractivity contribution is 6.03. The van der Waals surface area contributed by atoms with Crippen molar-refractivity contribution in [2.24, 2.45) is 5.41 Å². The number of carbonyl (C=O) groups is 3. The Hall–Kier alpha value is -3.21. The van der Waals surface area contributed by atoms with Gasteiger partial charge in [-0.2, -0.15) is 0 Å². The number of likely N-dealkylation sites (N-methyl/N-ethyl adjacent to an activating group) is 1. The zero-order valence-electron chi connectivity index (χ0n) is 23.1. The second-order valence-electron chi connectivity index (χ2n) is 10.7. The molecule has 1 aromatic rings. The quantitative estimate of drug-likeness (QED) is 0.533. The van der Waals surface area contributed by atoms with Crippen LogP contribution in [0.5, 0.6) is 5.75 Å². The molecule has 3 heterocycles. The minimum atomic E-state index is -0.791. The molecule has 4 atom stereocenters. The molecule has 3 fully saturated rings. The molecule has 10 heteroatoms. The van der Waals surface area contributed by atoms with Crippen LogP contribution in [0.1, 0.15) is 44.0 Å². The van der Waals surface area contributed by atoms with E-state index in [1.54, 1.807) is 24.3 Å². The molecule has 210 valence electrons. The molecule has 0 saturated carbocycles. The topological polar surface area (TPSA) is 101 Å². The average molecular weight is 539 g/mol. The van der Waals surface area contributed by atoms with E-state index < -0.39 is 17.7 Å². The Kier molecular flexibility index (Phi) is 7.80. The molecule has 1 N–H and O–H groups in total. The molecule has 1 aliphatic carbocycles. The largest absolute Gasteiger partial charge is 0.469 e. The van der Waals surface area contributed by atoms with Gasteiger partial charge in [0.25, 0.3) is 5.91 Å². The Morgan fingerprint density at radius 3 is 2.41 bits per heavy atom. The molecule has 4 amide bonds. The van der Waals surface area contributed by atoms with Crippen LogP contribution in [0.15, 0.2) is 48.1 Å². The molecule has 0 aromatic heterocycles.